The molecule has 0 spiro atoms. The summed E-state index contributed by atoms with van der Waals surface area (Å²) < 4.78 is 0. The molecular formula is C15H14N2O2S. The fourth-order valence-corrected chi connectivity index (χ4v) is 4.53. The van der Waals surface area contributed by atoms with Crippen LogP contribution in [-0.4, -0.2) is 16.6 Å². The maximum Gasteiger partial charge on any atom is 0.173 e. The number of nitrogens with zero attached hydrogens (tertiary/aromatic N) is 1. The number of carbonyl (C=O) groups excluding carboxylic acids is 2. The molecule has 2 aromatic heterocycles. The molecule has 0 atom stereocenters. The van der Waals surface area contributed by atoms with Gasteiger partial charge in [-0.3, -0.25) is 9.59 Å². The molecule has 0 saturated carbocycles. The van der Waals surface area contributed by atoms with Gasteiger partial charge in [-0.15, -0.1) is 11.3 Å². The lowest BCUT2D eigenvalue weighted by atomic mass is 9.90. The van der Waals surface area contributed by atoms with Gasteiger partial charge in [-0.1, -0.05) is 0 Å². The third-order valence-electron chi connectivity index (χ3n) is 4.23. The van der Waals surface area contributed by atoms with Crippen LogP contribution in [0.1, 0.15) is 57.0 Å². The molecule has 0 saturated heterocycles. The highest BCUT2D eigenvalue weighted by Crippen LogP contribution is 2.41. The van der Waals surface area contributed by atoms with E-state index in [1.165, 1.54) is 11.3 Å². The topological polar surface area (TPSA) is 73.0 Å². The number of rotatable bonds is 0. The second kappa shape index (κ2) is 4.12. The number of ketones is 2. The van der Waals surface area contributed by atoms with Crippen molar-refractivity contribution in [3.8, 4) is 0 Å². The molecule has 2 aliphatic carbocycles. The second-order valence-corrected chi connectivity index (χ2v) is 6.49. The van der Waals surface area contributed by atoms with E-state index in [9.17, 15) is 9.59 Å². The quantitative estimate of drug-likeness (QED) is 0.808. The number of carbonyl (C=O) groups is 2. The first-order valence-corrected chi connectivity index (χ1v) is 7.78. The van der Waals surface area contributed by atoms with Crippen molar-refractivity contribution in [2.24, 2.45) is 0 Å². The van der Waals surface area contributed by atoms with Crippen molar-refractivity contribution < 1.29 is 9.59 Å². The molecule has 0 radical (unpaired) electrons. The summed E-state index contributed by atoms with van der Waals surface area (Å²) in [6.07, 6.45) is 4.53. The molecule has 2 N–H and O–H groups in total. The Labute approximate surface area is 120 Å². The molecule has 5 heteroatoms. The van der Waals surface area contributed by atoms with Crippen LogP contribution in [0.4, 0.5) is 5.69 Å². The first-order valence-electron chi connectivity index (χ1n) is 6.97. The van der Waals surface area contributed by atoms with Crippen molar-refractivity contribution in [2.75, 3.05) is 5.73 Å². The SMILES string of the molecule is Nc1c2c(nc3sc4c(c13)CCCC4=O)CCCC2=O. The van der Waals surface area contributed by atoms with Crippen LogP contribution >= 0.6 is 11.3 Å². The molecule has 0 unspecified atom stereocenters. The van der Waals surface area contributed by atoms with Gasteiger partial charge in [-0.05, 0) is 31.2 Å². The smallest absolute Gasteiger partial charge is 0.173 e. The third-order valence-corrected chi connectivity index (χ3v) is 5.40. The molecule has 0 fully saturated rings. The molecule has 0 aromatic carbocycles. The number of thiophene rings is 1. The zero-order chi connectivity index (χ0) is 13.9. The number of pyridine rings is 1. The third kappa shape index (κ3) is 1.50. The van der Waals surface area contributed by atoms with Crippen molar-refractivity contribution in [1.29, 1.82) is 0 Å². The average molecular weight is 286 g/mol. The molecule has 0 amide bonds. The zero-order valence-corrected chi connectivity index (χ0v) is 11.8. The fraction of sp³-hybridized carbons (Fsp3) is 0.400. The van der Waals surface area contributed by atoms with E-state index < -0.39 is 0 Å². The van der Waals surface area contributed by atoms with E-state index in [4.69, 9.17) is 5.73 Å². The second-order valence-electron chi connectivity index (χ2n) is 5.49. The summed E-state index contributed by atoms with van der Waals surface area (Å²) in [4.78, 5) is 30.4. The Morgan fingerprint density at radius 2 is 1.75 bits per heavy atom. The van der Waals surface area contributed by atoms with Crippen molar-refractivity contribution in [3.05, 3.63) is 21.7 Å². The summed E-state index contributed by atoms with van der Waals surface area (Å²) in [5.74, 6) is 0.290. The number of nitrogens with two attached hydrogens (primary N) is 1. The number of anilines is 1. The minimum absolute atomic E-state index is 0.0974. The van der Waals surface area contributed by atoms with E-state index in [0.717, 1.165) is 52.0 Å². The Morgan fingerprint density at radius 3 is 2.60 bits per heavy atom. The van der Waals surface area contributed by atoms with Gasteiger partial charge in [0.1, 0.15) is 4.83 Å². The van der Waals surface area contributed by atoms with Gasteiger partial charge in [0.15, 0.2) is 11.6 Å². The molecule has 20 heavy (non-hydrogen) atoms. The highest BCUT2D eigenvalue weighted by molar-refractivity contribution is 7.20. The summed E-state index contributed by atoms with van der Waals surface area (Å²) in [6, 6.07) is 0. The largest absolute Gasteiger partial charge is 0.398 e. The number of aromatic nitrogens is 1. The lowest BCUT2D eigenvalue weighted by molar-refractivity contribution is 0.0967. The lowest BCUT2D eigenvalue weighted by Crippen LogP contribution is -2.16. The Hall–Kier alpha value is -1.75. The summed E-state index contributed by atoms with van der Waals surface area (Å²) in [5.41, 5.74) is 9.29. The monoisotopic (exact) mass is 286 g/mol. The Bertz CT molecular complexity index is 776. The van der Waals surface area contributed by atoms with Crippen molar-refractivity contribution in [2.45, 2.75) is 38.5 Å². The standard InChI is InChI=1S/C15H14N2O2S/c16-13-11-7-3-1-6-10(19)14(7)20-15(11)17-8-4-2-5-9(18)12(8)13/h1-6H2,(H2,16,17). The minimum atomic E-state index is 0.0974. The normalized spacial score (nSPS) is 18.2. The lowest BCUT2D eigenvalue weighted by Gasteiger charge is -2.17. The average Bonchev–Trinajstić information content (AvgIpc) is 2.79. The number of hydrogen-bond acceptors (Lipinski definition) is 5. The molecule has 4 nitrogen and oxygen atoms in total. The van der Waals surface area contributed by atoms with Gasteiger partial charge >= 0.3 is 0 Å². The Kier molecular flexibility index (Phi) is 2.48. The molecule has 0 bridgehead atoms. The minimum Gasteiger partial charge on any atom is -0.398 e. The summed E-state index contributed by atoms with van der Waals surface area (Å²) in [6.45, 7) is 0. The van der Waals surface area contributed by atoms with E-state index in [1.54, 1.807) is 0 Å². The van der Waals surface area contributed by atoms with Crippen LogP contribution in [-0.2, 0) is 12.8 Å². The van der Waals surface area contributed by atoms with E-state index in [2.05, 4.69) is 4.98 Å². The van der Waals surface area contributed by atoms with Crippen LogP contribution < -0.4 is 5.73 Å². The predicted molar refractivity (Wildman–Crippen MR) is 78.6 cm³/mol. The molecule has 2 aromatic rings. The molecule has 2 heterocycles. The summed E-state index contributed by atoms with van der Waals surface area (Å²) in [7, 11) is 0. The molecular weight excluding hydrogens is 272 g/mol. The first-order chi connectivity index (χ1) is 9.66. The van der Waals surface area contributed by atoms with E-state index in [0.29, 0.717) is 24.1 Å². The Morgan fingerprint density at radius 1 is 1.00 bits per heavy atom. The molecule has 0 aliphatic heterocycles. The highest BCUT2D eigenvalue weighted by atomic mass is 32.1. The number of aryl methyl sites for hydroxylation is 2. The van der Waals surface area contributed by atoms with E-state index >= 15 is 0 Å². The number of nitrogen functional groups attached to an aromatic ring is 1. The van der Waals surface area contributed by atoms with Crippen LogP contribution in [0.2, 0.25) is 0 Å². The van der Waals surface area contributed by atoms with Gasteiger partial charge in [-0.2, -0.15) is 0 Å². The first kappa shape index (κ1) is 12.0. The molecule has 102 valence electrons. The van der Waals surface area contributed by atoms with E-state index in [1.807, 2.05) is 0 Å². The number of hydrogen-bond donors (Lipinski definition) is 1. The molecule has 4 rings (SSSR count). The van der Waals surface area contributed by atoms with Gasteiger partial charge < -0.3 is 5.73 Å². The van der Waals surface area contributed by atoms with Crippen molar-refractivity contribution in [3.63, 3.8) is 0 Å². The summed E-state index contributed by atoms with van der Waals surface area (Å²) in [5, 5.41) is 0.868. The predicted octanol–water partition coefficient (Wildman–Crippen LogP) is 2.92. The van der Waals surface area contributed by atoms with Gasteiger partial charge in [0, 0.05) is 18.2 Å². The van der Waals surface area contributed by atoms with Crippen LogP contribution in [0.25, 0.3) is 10.2 Å². The summed E-state index contributed by atoms with van der Waals surface area (Å²) >= 11 is 1.44. The van der Waals surface area contributed by atoms with Crippen LogP contribution in [0.3, 0.4) is 0 Å². The van der Waals surface area contributed by atoms with Crippen molar-refractivity contribution >= 4 is 38.8 Å². The van der Waals surface area contributed by atoms with E-state index in [-0.39, 0.29) is 11.6 Å². The van der Waals surface area contributed by atoms with Crippen molar-refractivity contribution in [1.82, 2.24) is 4.98 Å². The van der Waals surface area contributed by atoms with Crippen LogP contribution in [0, 0.1) is 0 Å². The zero-order valence-electron chi connectivity index (χ0n) is 11.0. The van der Waals surface area contributed by atoms with Gasteiger partial charge in [0.2, 0.25) is 0 Å². The molecule has 2 aliphatic rings. The maximum atomic E-state index is 12.1. The fourth-order valence-electron chi connectivity index (χ4n) is 3.30. The maximum absolute atomic E-state index is 12.1. The highest BCUT2D eigenvalue weighted by Gasteiger charge is 2.29. The van der Waals surface area contributed by atoms with Crippen LogP contribution in [0.5, 0.6) is 0 Å². The van der Waals surface area contributed by atoms with Crippen LogP contribution in [0.15, 0.2) is 0 Å². The van der Waals surface area contributed by atoms with Gasteiger partial charge in [-0.25, -0.2) is 4.98 Å². The number of fused-ring (bicyclic) bond motifs is 4. The van der Waals surface area contributed by atoms with Gasteiger partial charge in [0.05, 0.1) is 21.8 Å². The Balaban J connectivity index is 2.09. The number of Topliss-reactive ketones (excluding diaryl/α,β-unsaturated/α-hetero) is 2. The van der Waals surface area contributed by atoms with Gasteiger partial charge in [0.25, 0.3) is 0 Å².